The zero-order chi connectivity index (χ0) is 16.1. The quantitative estimate of drug-likeness (QED) is 0.831. The fraction of sp³-hybridized carbons (Fsp3) is 0.267. The van der Waals surface area contributed by atoms with Gasteiger partial charge >= 0.3 is 0 Å². The molecule has 1 aromatic heterocycles. The average Bonchev–Trinajstić information content (AvgIpc) is 2.92. The molecule has 0 fully saturated rings. The van der Waals surface area contributed by atoms with Gasteiger partial charge < -0.3 is 14.8 Å². The molecule has 2 rings (SSSR count). The fourth-order valence-electron chi connectivity index (χ4n) is 1.85. The number of thiophene rings is 1. The van der Waals surface area contributed by atoms with Gasteiger partial charge in [0.1, 0.15) is 0 Å². The van der Waals surface area contributed by atoms with E-state index in [1.807, 2.05) is 13.0 Å². The van der Waals surface area contributed by atoms with Gasteiger partial charge in [-0.2, -0.15) is 0 Å². The van der Waals surface area contributed by atoms with Crippen molar-refractivity contribution in [3.05, 3.63) is 44.1 Å². The third-order valence-corrected chi connectivity index (χ3v) is 4.34. The Balaban J connectivity index is 2.13. The first-order valence-electron chi connectivity index (χ1n) is 6.58. The summed E-state index contributed by atoms with van der Waals surface area (Å²) in [5.41, 5.74) is 0.410. The second-order valence-electron chi connectivity index (χ2n) is 4.31. The minimum absolute atomic E-state index is 0.243. The Bertz CT molecular complexity index is 673. The van der Waals surface area contributed by atoms with Crippen molar-refractivity contribution in [1.29, 1.82) is 0 Å². The summed E-state index contributed by atoms with van der Waals surface area (Å²) < 4.78 is 11.3. The van der Waals surface area contributed by atoms with Gasteiger partial charge in [0, 0.05) is 10.4 Å². The second-order valence-corrected chi connectivity index (χ2v) is 6.52. The third kappa shape index (κ3) is 4.06. The molecule has 0 aliphatic carbocycles. The van der Waals surface area contributed by atoms with Gasteiger partial charge in [0.25, 0.3) is 5.91 Å². The SMILES string of the molecule is CCOc1c(Cl)cc(C(=O)NCc2ccc(Cl)s2)cc1OC. The number of carbonyl (C=O) groups is 1. The summed E-state index contributed by atoms with van der Waals surface area (Å²) in [5.74, 6) is 0.625. The first-order valence-corrected chi connectivity index (χ1v) is 8.15. The molecule has 22 heavy (non-hydrogen) atoms. The molecule has 0 aliphatic rings. The van der Waals surface area contributed by atoms with Crippen LogP contribution in [-0.2, 0) is 6.54 Å². The van der Waals surface area contributed by atoms with E-state index < -0.39 is 0 Å². The van der Waals surface area contributed by atoms with Crippen molar-refractivity contribution in [1.82, 2.24) is 5.32 Å². The van der Waals surface area contributed by atoms with Gasteiger partial charge in [0.15, 0.2) is 11.5 Å². The zero-order valence-electron chi connectivity index (χ0n) is 12.1. The molecule has 1 heterocycles. The van der Waals surface area contributed by atoms with Crippen LogP contribution < -0.4 is 14.8 Å². The Morgan fingerprint density at radius 3 is 2.68 bits per heavy atom. The Morgan fingerprint density at radius 1 is 1.32 bits per heavy atom. The van der Waals surface area contributed by atoms with E-state index in [9.17, 15) is 4.79 Å². The van der Waals surface area contributed by atoms with Gasteiger partial charge in [-0.05, 0) is 31.2 Å². The molecule has 0 radical (unpaired) electrons. The van der Waals surface area contributed by atoms with Crippen molar-refractivity contribution in [3.8, 4) is 11.5 Å². The van der Waals surface area contributed by atoms with Crippen LogP contribution >= 0.6 is 34.5 Å². The van der Waals surface area contributed by atoms with Crippen LogP contribution in [0.2, 0.25) is 9.36 Å². The molecule has 1 amide bonds. The van der Waals surface area contributed by atoms with E-state index in [1.165, 1.54) is 18.4 Å². The number of halogens is 2. The van der Waals surface area contributed by atoms with E-state index >= 15 is 0 Å². The van der Waals surface area contributed by atoms with Crippen molar-refractivity contribution in [2.45, 2.75) is 13.5 Å². The highest BCUT2D eigenvalue weighted by atomic mass is 35.5. The molecule has 2 aromatic rings. The van der Waals surface area contributed by atoms with E-state index in [0.29, 0.717) is 39.6 Å². The molecule has 0 aliphatic heterocycles. The van der Waals surface area contributed by atoms with Crippen LogP contribution in [0.4, 0.5) is 0 Å². The fourth-order valence-corrected chi connectivity index (χ4v) is 3.14. The maximum absolute atomic E-state index is 12.2. The summed E-state index contributed by atoms with van der Waals surface area (Å²) >= 11 is 13.4. The largest absolute Gasteiger partial charge is 0.493 e. The maximum Gasteiger partial charge on any atom is 0.251 e. The Labute approximate surface area is 142 Å². The van der Waals surface area contributed by atoms with Crippen LogP contribution in [0.15, 0.2) is 24.3 Å². The van der Waals surface area contributed by atoms with Crippen LogP contribution in [0.1, 0.15) is 22.2 Å². The van der Waals surface area contributed by atoms with Crippen LogP contribution in [-0.4, -0.2) is 19.6 Å². The zero-order valence-corrected chi connectivity index (χ0v) is 14.4. The van der Waals surface area contributed by atoms with E-state index in [1.54, 1.807) is 18.2 Å². The Kier molecular flexibility index (Phi) is 5.94. The first-order chi connectivity index (χ1) is 10.5. The molecule has 1 N–H and O–H groups in total. The topological polar surface area (TPSA) is 47.6 Å². The lowest BCUT2D eigenvalue weighted by Gasteiger charge is -2.13. The molecule has 1 aromatic carbocycles. The molecule has 118 valence electrons. The minimum Gasteiger partial charge on any atom is -0.493 e. The lowest BCUT2D eigenvalue weighted by atomic mass is 10.2. The number of amides is 1. The number of hydrogen-bond donors (Lipinski definition) is 1. The summed E-state index contributed by atoms with van der Waals surface area (Å²) in [7, 11) is 1.50. The number of ether oxygens (including phenoxy) is 2. The number of benzene rings is 1. The predicted octanol–water partition coefficient (Wildman–Crippen LogP) is 4.39. The molecular formula is C15H15Cl2NO3S. The standard InChI is InChI=1S/C15H15Cl2NO3S/c1-3-21-14-11(16)6-9(7-12(14)20-2)15(19)18-8-10-4-5-13(17)22-10/h4-7H,3,8H2,1-2H3,(H,18,19). The summed E-state index contributed by atoms with van der Waals surface area (Å²) in [6, 6.07) is 6.84. The normalized spacial score (nSPS) is 10.4. The molecule has 0 atom stereocenters. The minimum atomic E-state index is -0.243. The predicted molar refractivity (Wildman–Crippen MR) is 89.7 cm³/mol. The molecule has 0 saturated heterocycles. The number of rotatable bonds is 6. The monoisotopic (exact) mass is 359 g/mol. The number of carbonyl (C=O) groups excluding carboxylic acids is 1. The van der Waals surface area contributed by atoms with E-state index in [-0.39, 0.29) is 5.91 Å². The molecule has 7 heteroatoms. The highest BCUT2D eigenvalue weighted by Crippen LogP contribution is 2.36. The molecule has 0 unspecified atom stereocenters. The molecule has 0 bridgehead atoms. The first kappa shape index (κ1) is 16.9. The summed E-state index contributed by atoms with van der Waals surface area (Å²) in [5, 5.41) is 3.15. The number of methoxy groups -OCH3 is 1. The number of nitrogens with one attached hydrogen (secondary N) is 1. The highest BCUT2D eigenvalue weighted by molar-refractivity contribution is 7.16. The van der Waals surface area contributed by atoms with Gasteiger partial charge in [-0.25, -0.2) is 0 Å². The van der Waals surface area contributed by atoms with Crippen LogP contribution in [0, 0.1) is 0 Å². The van der Waals surface area contributed by atoms with Gasteiger partial charge in [-0.1, -0.05) is 23.2 Å². The smallest absolute Gasteiger partial charge is 0.251 e. The summed E-state index contributed by atoms with van der Waals surface area (Å²) in [6.45, 7) is 2.71. The lowest BCUT2D eigenvalue weighted by Crippen LogP contribution is -2.22. The van der Waals surface area contributed by atoms with Gasteiger partial charge in [0.2, 0.25) is 0 Å². The van der Waals surface area contributed by atoms with E-state index in [4.69, 9.17) is 32.7 Å². The van der Waals surface area contributed by atoms with Gasteiger partial charge in [-0.3, -0.25) is 4.79 Å². The molecular weight excluding hydrogens is 345 g/mol. The maximum atomic E-state index is 12.2. The molecule has 0 spiro atoms. The van der Waals surface area contributed by atoms with Crippen LogP contribution in [0.3, 0.4) is 0 Å². The highest BCUT2D eigenvalue weighted by Gasteiger charge is 2.15. The van der Waals surface area contributed by atoms with E-state index in [2.05, 4.69) is 5.32 Å². The van der Waals surface area contributed by atoms with E-state index in [0.717, 1.165) is 4.88 Å². The summed E-state index contributed by atoms with van der Waals surface area (Å²) in [4.78, 5) is 13.2. The third-order valence-electron chi connectivity index (χ3n) is 2.83. The van der Waals surface area contributed by atoms with Gasteiger partial charge in [0.05, 0.1) is 29.6 Å². The van der Waals surface area contributed by atoms with Crippen molar-refractivity contribution < 1.29 is 14.3 Å². The van der Waals surface area contributed by atoms with Crippen LogP contribution in [0.5, 0.6) is 11.5 Å². The van der Waals surface area contributed by atoms with Crippen molar-refractivity contribution in [3.63, 3.8) is 0 Å². The number of hydrogen-bond acceptors (Lipinski definition) is 4. The van der Waals surface area contributed by atoms with Gasteiger partial charge in [-0.15, -0.1) is 11.3 Å². The van der Waals surface area contributed by atoms with Crippen molar-refractivity contribution >= 4 is 40.4 Å². The Hall–Kier alpha value is -1.43. The lowest BCUT2D eigenvalue weighted by molar-refractivity contribution is 0.0951. The molecule has 0 saturated carbocycles. The molecule has 4 nitrogen and oxygen atoms in total. The summed E-state index contributed by atoms with van der Waals surface area (Å²) in [6.07, 6.45) is 0. The van der Waals surface area contributed by atoms with Crippen molar-refractivity contribution in [2.75, 3.05) is 13.7 Å². The Morgan fingerprint density at radius 2 is 2.09 bits per heavy atom. The average molecular weight is 360 g/mol. The van der Waals surface area contributed by atoms with Crippen LogP contribution in [0.25, 0.3) is 0 Å². The van der Waals surface area contributed by atoms with Crippen molar-refractivity contribution in [2.24, 2.45) is 0 Å². The second kappa shape index (κ2) is 7.72.